The Bertz CT molecular complexity index is 60.5. The van der Waals surface area contributed by atoms with Crippen molar-refractivity contribution in [3.8, 4) is 0 Å². The van der Waals surface area contributed by atoms with E-state index >= 15 is 0 Å². The van der Waals surface area contributed by atoms with Gasteiger partial charge in [-0.05, 0) is 18.2 Å². The van der Waals surface area contributed by atoms with Crippen LogP contribution in [-0.2, 0) is 0 Å². The van der Waals surface area contributed by atoms with E-state index in [2.05, 4.69) is 0 Å². The summed E-state index contributed by atoms with van der Waals surface area (Å²) in [6, 6.07) is 0. The van der Waals surface area contributed by atoms with E-state index in [1.54, 1.807) is 6.20 Å². The highest BCUT2D eigenvalue weighted by Gasteiger charge is 1.83. The fraction of sp³-hybridized carbons (Fsp3) is 0.600. The molecule has 0 spiro atoms. The van der Waals surface area contributed by atoms with Gasteiger partial charge in [0.1, 0.15) is 0 Å². The molecule has 7 heavy (non-hydrogen) atoms. The molecule has 0 aliphatic carbocycles. The second-order valence-electron chi connectivity index (χ2n) is 1.38. The van der Waals surface area contributed by atoms with Crippen molar-refractivity contribution < 1.29 is 0 Å². The van der Waals surface area contributed by atoms with Crippen molar-refractivity contribution >= 4 is 0 Å². The topological polar surface area (TPSA) is 52.0 Å². The van der Waals surface area contributed by atoms with Crippen LogP contribution in [0.1, 0.15) is 13.3 Å². The van der Waals surface area contributed by atoms with Gasteiger partial charge >= 0.3 is 0 Å². The molecule has 0 aliphatic heterocycles. The van der Waals surface area contributed by atoms with Crippen LogP contribution < -0.4 is 11.5 Å². The van der Waals surface area contributed by atoms with Gasteiger partial charge in [0.2, 0.25) is 0 Å². The largest absolute Gasteiger partial charge is 0.405 e. The maximum atomic E-state index is 5.25. The molecule has 4 N–H and O–H groups in total. The van der Waals surface area contributed by atoms with Crippen LogP contribution in [0.15, 0.2) is 11.8 Å². The zero-order valence-electron chi connectivity index (χ0n) is 4.65. The third-order valence-corrected chi connectivity index (χ3v) is 0.952. The normalized spacial score (nSPS) is 12.0. The standard InChI is InChI=1S/C5H12N2/c1-2-5(3-6)4-7/h3H,2,4,6-7H2,1H3/b5-3-. The lowest BCUT2D eigenvalue weighted by atomic mass is 10.2. The van der Waals surface area contributed by atoms with Gasteiger partial charge in [0.15, 0.2) is 0 Å². The summed E-state index contributed by atoms with van der Waals surface area (Å²) in [5, 5.41) is 0. The molecule has 0 saturated heterocycles. The van der Waals surface area contributed by atoms with Gasteiger partial charge in [0, 0.05) is 6.54 Å². The van der Waals surface area contributed by atoms with E-state index in [9.17, 15) is 0 Å². The number of hydrogen-bond acceptors (Lipinski definition) is 2. The first-order chi connectivity index (χ1) is 3.35. The Morgan fingerprint density at radius 1 is 1.71 bits per heavy atom. The zero-order valence-corrected chi connectivity index (χ0v) is 4.65. The Morgan fingerprint density at radius 2 is 2.29 bits per heavy atom. The van der Waals surface area contributed by atoms with Crippen LogP contribution in [0.2, 0.25) is 0 Å². The van der Waals surface area contributed by atoms with E-state index in [-0.39, 0.29) is 0 Å². The molecular weight excluding hydrogens is 88.1 g/mol. The highest BCUT2D eigenvalue weighted by Crippen LogP contribution is 1.91. The SMILES string of the molecule is CC/C(=C/N)CN. The van der Waals surface area contributed by atoms with Gasteiger partial charge in [0.05, 0.1) is 0 Å². The quantitative estimate of drug-likeness (QED) is 0.520. The van der Waals surface area contributed by atoms with Crippen molar-refractivity contribution in [3.05, 3.63) is 11.8 Å². The Kier molecular flexibility index (Phi) is 3.42. The first-order valence-corrected chi connectivity index (χ1v) is 2.44. The van der Waals surface area contributed by atoms with Crippen LogP contribution in [0.25, 0.3) is 0 Å². The molecular formula is C5H12N2. The first kappa shape index (κ1) is 6.50. The Labute approximate surface area is 44.2 Å². The molecule has 0 rings (SSSR count). The van der Waals surface area contributed by atoms with Crippen LogP contribution in [0, 0.1) is 0 Å². The lowest BCUT2D eigenvalue weighted by molar-refractivity contribution is 0.998. The van der Waals surface area contributed by atoms with Crippen molar-refractivity contribution in [2.24, 2.45) is 11.5 Å². The van der Waals surface area contributed by atoms with Gasteiger partial charge in [-0.2, -0.15) is 0 Å². The van der Waals surface area contributed by atoms with Gasteiger partial charge in [-0.25, -0.2) is 0 Å². The van der Waals surface area contributed by atoms with Gasteiger partial charge in [-0.3, -0.25) is 0 Å². The molecule has 0 fully saturated rings. The maximum absolute atomic E-state index is 5.25. The fourth-order valence-electron chi connectivity index (χ4n) is 0.330. The van der Waals surface area contributed by atoms with Crippen LogP contribution >= 0.6 is 0 Å². The predicted octanol–water partition coefficient (Wildman–Crippen LogP) is 0.198. The van der Waals surface area contributed by atoms with Crippen molar-refractivity contribution in [1.82, 2.24) is 0 Å². The molecule has 0 heterocycles. The summed E-state index contributed by atoms with van der Waals surface area (Å²) >= 11 is 0. The molecule has 42 valence electrons. The minimum Gasteiger partial charge on any atom is -0.405 e. The Morgan fingerprint density at radius 3 is 2.29 bits per heavy atom. The minimum absolute atomic E-state index is 0.590. The highest BCUT2D eigenvalue weighted by atomic mass is 14.6. The number of hydrogen-bond donors (Lipinski definition) is 2. The van der Waals surface area contributed by atoms with E-state index in [4.69, 9.17) is 11.5 Å². The zero-order chi connectivity index (χ0) is 5.70. The van der Waals surface area contributed by atoms with Gasteiger partial charge in [0.25, 0.3) is 0 Å². The summed E-state index contributed by atoms with van der Waals surface area (Å²) < 4.78 is 0. The van der Waals surface area contributed by atoms with E-state index in [0.717, 1.165) is 12.0 Å². The minimum atomic E-state index is 0.590. The average molecular weight is 100 g/mol. The maximum Gasteiger partial charge on any atom is 0.0153 e. The molecule has 0 aliphatic rings. The lowest BCUT2D eigenvalue weighted by Gasteiger charge is -1.93. The first-order valence-electron chi connectivity index (χ1n) is 2.44. The molecule has 2 heteroatoms. The molecule has 0 aromatic rings. The highest BCUT2D eigenvalue weighted by molar-refractivity contribution is 4.99. The third-order valence-electron chi connectivity index (χ3n) is 0.952. The molecule has 0 atom stereocenters. The van der Waals surface area contributed by atoms with Crippen LogP contribution in [0.4, 0.5) is 0 Å². The third kappa shape index (κ3) is 2.23. The van der Waals surface area contributed by atoms with Crippen LogP contribution in [-0.4, -0.2) is 6.54 Å². The monoisotopic (exact) mass is 100 g/mol. The van der Waals surface area contributed by atoms with E-state index in [1.807, 2.05) is 6.92 Å². The average Bonchev–Trinajstić information content (AvgIpc) is 1.72. The molecule has 0 radical (unpaired) electrons. The Hall–Kier alpha value is -0.500. The van der Waals surface area contributed by atoms with Gasteiger partial charge in [-0.15, -0.1) is 0 Å². The summed E-state index contributed by atoms with van der Waals surface area (Å²) in [4.78, 5) is 0. The van der Waals surface area contributed by atoms with E-state index < -0.39 is 0 Å². The second-order valence-corrected chi connectivity index (χ2v) is 1.38. The van der Waals surface area contributed by atoms with Gasteiger partial charge < -0.3 is 11.5 Å². The van der Waals surface area contributed by atoms with Crippen LogP contribution in [0.5, 0.6) is 0 Å². The van der Waals surface area contributed by atoms with Crippen LogP contribution in [0.3, 0.4) is 0 Å². The van der Waals surface area contributed by atoms with Crippen molar-refractivity contribution in [2.45, 2.75) is 13.3 Å². The van der Waals surface area contributed by atoms with Crippen molar-refractivity contribution in [3.63, 3.8) is 0 Å². The molecule has 2 nitrogen and oxygen atoms in total. The molecule has 0 aromatic heterocycles. The summed E-state index contributed by atoms with van der Waals surface area (Å²) in [5.74, 6) is 0. The molecule has 0 bridgehead atoms. The van der Waals surface area contributed by atoms with E-state index in [0.29, 0.717) is 6.54 Å². The fourth-order valence-corrected chi connectivity index (χ4v) is 0.330. The van der Waals surface area contributed by atoms with Crippen molar-refractivity contribution in [2.75, 3.05) is 6.54 Å². The number of nitrogens with two attached hydrogens (primary N) is 2. The van der Waals surface area contributed by atoms with Gasteiger partial charge in [-0.1, -0.05) is 6.92 Å². The molecule has 0 aromatic carbocycles. The summed E-state index contributed by atoms with van der Waals surface area (Å²) in [5.41, 5.74) is 11.5. The predicted molar refractivity (Wildman–Crippen MR) is 31.6 cm³/mol. The smallest absolute Gasteiger partial charge is 0.0153 e. The second kappa shape index (κ2) is 3.68. The molecule has 0 saturated carbocycles. The Balaban J connectivity index is 3.38. The van der Waals surface area contributed by atoms with E-state index in [1.165, 1.54) is 0 Å². The molecule has 0 amide bonds. The molecule has 0 unspecified atom stereocenters. The lowest BCUT2D eigenvalue weighted by Crippen LogP contribution is -2.03. The number of rotatable bonds is 2. The summed E-state index contributed by atoms with van der Waals surface area (Å²) in [6.45, 7) is 2.62. The van der Waals surface area contributed by atoms with Crippen molar-refractivity contribution in [1.29, 1.82) is 0 Å². The summed E-state index contributed by atoms with van der Waals surface area (Å²) in [7, 11) is 0. The summed E-state index contributed by atoms with van der Waals surface area (Å²) in [6.07, 6.45) is 2.53.